The normalized spacial score (nSPS) is 49.6. The Labute approximate surface area is 96.4 Å². The smallest absolute Gasteiger partial charge is 0.309 e. The first kappa shape index (κ1) is 10.1. The van der Waals surface area contributed by atoms with Crippen molar-refractivity contribution < 1.29 is 9.53 Å². The van der Waals surface area contributed by atoms with Crippen molar-refractivity contribution in [2.45, 2.75) is 38.2 Å². The molecule has 2 aliphatic heterocycles. The molecule has 4 aliphatic rings. The molecule has 2 unspecified atom stereocenters. The molecule has 0 N–H and O–H groups in total. The minimum atomic E-state index is 0.0113. The van der Waals surface area contributed by atoms with Gasteiger partial charge in [-0.3, -0.25) is 4.79 Å². The van der Waals surface area contributed by atoms with Gasteiger partial charge in [-0.25, -0.2) is 0 Å². The van der Waals surface area contributed by atoms with Crippen LogP contribution < -0.4 is 0 Å². The lowest BCUT2D eigenvalue weighted by Gasteiger charge is -2.51. The zero-order chi connectivity index (χ0) is 11.4. The van der Waals surface area contributed by atoms with Crippen molar-refractivity contribution >= 4 is 5.97 Å². The van der Waals surface area contributed by atoms with E-state index in [1.807, 2.05) is 0 Å². The molecule has 2 heteroatoms. The average Bonchev–Trinajstić information content (AvgIpc) is 2.42. The minimum absolute atomic E-state index is 0.0113. The molecule has 4 rings (SSSR count). The van der Waals surface area contributed by atoms with E-state index in [9.17, 15) is 4.79 Å². The van der Waals surface area contributed by atoms with Gasteiger partial charge in [0, 0.05) is 0 Å². The molecule has 2 heterocycles. The molecular weight excluding hydrogens is 200 g/mol. The van der Waals surface area contributed by atoms with E-state index in [1.54, 1.807) is 0 Å². The SMILES string of the molecule is C=CC12CC3CC(C=C)(CC(C1)C(=O)O3)C2. The molecule has 0 spiro atoms. The van der Waals surface area contributed by atoms with Crippen LogP contribution in [0.2, 0.25) is 0 Å². The Kier molecular flexibility index (Phi) is 1.90. The molecule has 86 valence electrons. The minimum Gasteiger partial charge on any atom is -0.462 e. The summed E-state index contributed by atoms with van der Waals surface area (Å²) in [5.41, 5.74) is 0.234. The van der Waals surface area contributed by atoms with Crippen molar-refractivity contribution in [3.63, 3.8) is 0 Å². The summed E-state index contributed by atoms with van der Waals surface area (Å²) in [6.07, 6.45) is 9.11. The largest absolute Gasteiger partial charge is 0.462 e. The highest BCUT2D eigenvalue weighted by atomic mass is 16.5. The quantitative estimate of drug-likeness (QED) is 0.526. The lowest BCUT2D eigenvalue weighted by Crippen LogP contribution is -2.44. The van der Waals surface area contributed by atoms with Gasteiger partial charge in [0.15, 0.2) is 0 Å². The summed E-state index contributed by atoms with van der Waals surface area (Å²) < 4.78 is 5.56. The van der Waals surface area contributed by atoms with E-state index in [2.05, 4.69) is 25.3 Å². The summed E-state index contributed by atoms with van der Waals surface area (Å²) >= 11 is 0. The van der Waals surface area contributed by atoms with Crippen molar-refractivity contribution in [1.82, 2.24) is 0 Å². The predicted molar refractivity (Wildman–Crippen MR) is 61.7 cm³/mol. The second-order valence-electron chi connectivity index (χ2n) is 5.88. The fourth-order valence-corrected chi connectivity index (χ4v) is 4.18. The van der Waals surface area contributed by atoms with Crippen molar-refractivity contribution in [1.29, 1.82) is 0 Å². The number of carbonyl (C=O) groups is 1. The summed E-state index contributed by atoms with van der Waals surface area (Å²) in [6.45, 7) is 7.96. The van der Waals surface area contributed by atoms with E-state index in [0.717, 1.165) is 32.1 Å². The third-order valence-electron chi connectivity index (χ3n) is 4.76. The number of fused-ring (bicyclic) bond motifs is 1. The van der Waals surface area contributed by atoms with Gasteiger partial charge in [0.1, 0.15) is 6.10 Å². The Bertz CT molecular complexity index is 347. The highest BCUT2D eigenvalue weighted by Gasteiger charge is 2.56. The van der Waals surface area contributed by atoms with Crippen LogP contribution in [0, 0.1) is 16.7 Å². The number of esters is 1. The summed E-state index contributed by atoms with van der Waals surface area (Å²) in [5, 5.41) is 0. The Hall–Kier alpha value is -1.05. The molecule has 4 bridgehead atoms. The fourth-order valence-electron chi connectivity index (χ4n) is 4.18. The standard InChI is InChI=1S/C14H18O2/c1-3-13-5-10-6-14(4-2,9-13)8-11(7-13)16-12(10)15/h3-4,10-11H,1-2,5-9H2. The van der Waals surface area contributed by atoms with E-state index in [-0.39, 0.29) is 28.8 Å². The second kappa shape index (κ2) is 2.99. The van der Waals surface area contributed by atoms with Gasteiger partial charge < -0.3 is 4.74 Å². The molecule has 2 aliphatic carbocycles. The fraction of sp³-hybridized carbons (Fsp3) is 0.643. The van der Waals surface area contributed by atoms with Crippen LogP contribution in [0.3, 0.4) is 0 Å². The van der Waals surface area contributed by atoms with Crippen LogP contribution in [0.4, 0.5) is 0 Å². The number of hydrogen-bond donors (Lipinski definition) is 0. The maximum absolute atomic E-state index is 11.9. The number of hydrogen-bond acceptors (Lipinski definition) is 2. The van der Waals surface area contributed by atoms with Gasteiger partial charge in [-0.2, -0.15) is 0 Å². The van der Waals surface area contributed by atoms with Gasteiger partial charge in [0.2, 0.25) is 0 Å². The number of rotatable bonds is 2. The molecule has 0 aromatic carbocycles. The van der Waals surface area contributed by atoms with Crippen molar-refractivity contribution in [2.75, 3.05) is 0 Å². The van der Waals surface area contributed by atoms with Crippen molar-refractivity contribution in [2.24, 2.45) is 16.7 Å². The van der Waals surface area contributed by atoms with E-state index in [4.69, 9.17) is 4.74 Å². The van der Waals surface area contributed by atoms with Crippen LogP contribution in [-0.2, 0) is 9.53 Å². The van der Waals surface area contributed by atoms with Crippen molar-refractivity contribution in [3.8, 4) is 0 Å². The van der Waals surface area contributed by atoms with Gasteiger partial charge in [-0.15, -0.1) is 13.2 Å². The molecule has 2 saturated carbocycles. The monoisotopic (exact) mass is 218 g/mol. The van der Waals surface area contributed by atoms with E-state index < -0.39 is 0 Å². The van der Waals surface area contributed by atoms with Gasteiger partial charge >= 0.3 is 5.97 Å². The summed E-state index contributed by atoms with van der Waals surface area (Å²) in [5.74, 6) is 0.0781. The van der Waals surface area contributed by atoms with Crippen LogP contribution in [0.15, 0.2) is 25.3 Å². The Balaban J connectivity index is 2.09. The van der Waals surface area contributed by atoms with Crippen molar-refractivity contribution in [3.05, 3.63) is 25.3 Å². The molecule has 0 radical (unpaired) electrons. The van der Waals surface area contributed by atoms with Crippen LogP contribution in [-0.4, -0.2) is 12.1 Å². The molecule has 16 heavy (non-hydrogen) atoms. The zero-order valence-electron chi connectivity index (χ0n) is 9.58. The number of carbonyl (C=O) groups excluding carboxylic acids is 1. The van der Waals surface area contributed by atoms with Crippen LogP contribution in [0.1, 0.15) is 32.1 Å². The van der Waals surface area contributed by atoms with E-state index >= 15 is 0 Å². The van der Waals surface area contributed by atoms with Gasteiger partial charge in [-0.05, 0) is 42.9 Å². The highest BCUT2D eigenvalue weighted by Crippen LogP contribution is 2.61. The summed E-state index contributed by atoms with van der Waals surface area (Å²) in [6, 6.07) is 0. The maximum atomic E-state index is 11.9. The maximum Gasteiger partial charge on any atom is 0.309 e. The van der Waals surface area contributed by atoms with Gasteiger partial charge in [-0.1, -0.05) is 12.2 Å². The molecule has 0 aromatic heterocycles. The highest BCUT2D eigenvalue weighted by molar-refractivity contribution is 5.74. The molecule has 0 aromatic rings. The van der Waals surface area contributed by atoms with Crippen LogP contribution >= 0.6 is 0 Å². The Morgan fingerprint density at radius 1 is 1.12 bits per heavy atom. The number of ether oxygens (including phenoxy) is 1. The summed E-state index contributed by atoms with van der Waals surface area (Å²) in [7, 11) is 0. The average molecular weight is 218 g/mol. The second-order valence-corrected chi connectivity index (χ2v) is 5.88. The topological polar surface area (TPSA) is 26.3 Å². The third kappa shape index (κ3) is 1.22. The Morgan fingerprint density at radius 3 is 2.19 bits per heavy atom. The lowest BCUT2D eigenvalue weighted by atomic mass is 9.52. The lowest BCUT2D eigenvalue weighted by molar-refractivity contribution is -0.151. The molecule has 2 saturated heterocycles. The number of allylic oxidation sites excluding steroid dienone is 2. The van der Waals surface area contributed by atoms with E-state index in [1.165, 1.54) is 0 Å². The third-order valence-corrected chi connectivity index (χ3v) is 4.76. The zero-order valence-corrected chi connectivity index (χ0v) is 9.58. The first-order valence-electron chi connectivity index (χ1n) is 6.08. The van der Waals surface area contributed by atoms with Gasteiger partial charge in [0.25, 0.3) is 0 Å². The molecule has 4 fully saturated rings. The van der Waals surface area contributed by atoms with Crippen LogP contribution in [0.25, 0.3) is 0 Å². The van der Waals surface area contributed by atoms with E-state index in [0.29, 0.717) is 0 Å². The first-order valence-corrected chi connectivity index (χ1v) is 6.08. The predicted octanol–water partition coefficient (Wildman–Crippen LogP) is 2.85. The van der Waals surface area contributed by atoms with Crippen LogP contribution in [0.5, 0.6) is 0 Å². The van der Waals surface area contributed by atoms with Gasteiger partial charge in [0.05, 0.1) is 5.92 Å². The molecular formula is C14H18O2. The molecule has 2 atom stereocenters. The molecule has 2 nitrogen and oxygen atoms in total. The first-order chi connectivity index (χ1) is 7.60. The summed E-state index contributed by atoms with van der Waals surface area (Å²) in [4.78, 5) is 11.9. The Morgan fingerprint density at radius 2 is 1.69 bits per heavy atom. The molecule has 0 amide bonds.